The molecule has 140 valence electrons. The molecule has 6 nitrogen and oxygen atoms in total. The lowest BCUT2D eigenvalue weighted by Crippen LogP contribution is -2.49. The summed E-state index contributed by atoms with van der Waals surface area (Å²) >= 11 is 6.09. The number of aliphatic hydroxyl groups is 1. The number of nitrogens with one attached hydrogen (secondary N) is 1. The first-order chi connectivity index (χ1) is 11.3. The molecule has 0 saturated carbocycles. The number of hydrogen-bond donors (Lipinski definition) is 2. The Labute approximate surface area is 153 Å². The van der Waals surface area contributed by atoms with Crippen LogP contribution in [0.5, 0.6) is 0 Å². The molecular formula is C18H26ClNO5. The maximum Gasteiger partial charge on any atom is 0.408 e. The van der Waals surface area contributed by atoms with Gasteiger partial charge in [-0.15, -0.1) is 0 Å². The van der Waals surface area contributed by atoms with E-state index in [4.69, 9.17) is 21.1 Å². The van der Waals surface area contributed by atoms with E-state index in [1.54, 1.807) is 65.8 Å². The van der Waals surface area contributed by atoms with Crippen molar-refractivity contribution in [3.05, 3.63) is 34.9 Å². The summed E-state index contributed by atoms with van der Waals surface area (Å²) in [7, 11) is 0. The molecule has 25 heavy (non-hydrogen) atoms. The molecule has 0 fully saturated rings. The molecule has 0 aromatic heterocycles. The SMILES string of the molecule is CC(C)(C)OC(=O)N[C@@H](C(=O)OC(C)(C)C)[C@@H](O)c1ccccc1Cl. The minimum absolute atomic E-state index is 0.273. The fraction of sp³-hybridized carbons (Fsp3) is 0.556. The molecule has 1 aromatic rings. The Bertz CT molecular complexity index is 619. The standard InChI is InChI=1S/C18H26ClNO5/c1-17(2,3)24-15(22)13(20-16(23)25-18(4,5)6)14(21)11-9-7-8-10-12(11)19/h7-10,13-14,21H,1-6H3,(H,20,23)/t13-,14+/m1/s1. The van der Waals surface area contributed by atoms with Crippen LogP contribution in [0, 0.1) is 0 Å². The summed E-state index contributed by atoms with van der Waals surface area (Å²) < 4.78 is 10.5. The van der Waals surface area contributed by atoms with E-state index in [0.29, 0.717) is 5.56 Å². The molecule has 0 aliphatic carbocycles. The quantitative estimate of drug-likeness (QED) is 0.790. The van der Waals surface area contributed by atoms with Gasteiger partial charge in [0, 0.05) is 10.6 Å². The highest BCUT2D eigenvalue weighted by molar-refractivity contribution is 6.31. The number of benzene rings is 1. The van der Waals surface area contributed by atoms with Crippen molar-refractivity contribution < 1.29 is 24.2 Å². The number of carbonyl (C=O) groups excluding carboxylic acids is 2. The molecule has 0 heterocycles. The van der Waals surface area contributed by atoms with Gasteiger partial charge in [0.1, 0.15) is 17.3 Å². The number of halogens is 1. The lowest BCUT2D eigenvalue weighted by molar-refractivity contribution is -0.160. The van der Waals surface area contributed by atoms with Crippen molar-refractivity contribution in [2.75, 3.05) is 0 Å². The summed E-state index contributed by atoms with van der Waals surface area (Å²) in [6.45, 7) is 10.2. The first kappa shape index (κ1) is 21.3. The molecule has 1 amide bonds. The first-order valence-electron chi connectivity index (χ1n) is 7.95. The van der Waals surface area contributed by atoms with Gasteiger partial charge in [-0.2, -0.15) is 0 Å². The van der Waals surface area contributed by atoms with Gasteiger partial charge >= 0.3 is 12.1 Å². The number of amides is 1. The Hall–Kier alpha value is -1.79. The van der Waals surface area contributed by atoms with Crippen LogP contribution in [0.4, 0.5) is 4.79 Å². The molecule has 0 unspecified atom stereocenters. The van der Waals surface area contributed by atoms with Crippen LogP contribution < -0.4 is 5.32 Å². The largest absolute Gasteiger partial charge is 0.458 e. The molecular weight excluding hydrogens is 346 g/mol. The second-order valence-corrected chi connectivity index (χ2v) is 8.03. The van der Waals surface area contributed by atoms with E-state index in [0.717, 1.165) is 0 Å². The lowest BCUT2D eigenvalue weighted by Gasteiger charge is -2.29. The van der Waals surface area contributed by atoms with Crippen LogP contribution in [0.1, 0.15) is 53.2 Å². The lowest BCUT2D eigenvalue weighted by atomic mass is 10.0. The zero-order valence-electron chi connectivity index (χ0n) is 15.4. The Morgan fingerprint density at radius 1 is 1.04 bits per heavy atom. The van der Waals surface area contributed by atoms with Gasteiger partial charge in [-0.1, -0.05) is 29.8 Å². The van der Waals surface area contributed by atoms with Crippen molar-refractivity contribution in [2.24, 2.45) is 0 Å². The highest BCUT2D eigenvalue weighted by atomic mass is 35.5. The number of esters is 1. The van der Waals surface area contributed by atoms with Crippen LogP contribution >= 0.6 is 11.6 Å². The molecule has 2 N–H and O–H groups in total. The molecule has 7 heteroatoms. The van der Waals surface area contributed by atoms with Crippen LogP contribution in [-0.2, 0) is 14.3 Å². The van der Waals surface area contributed by atoms with E-state index in [1.807, 2.05) is 0 Å². The fourth-order valence-electron chi connectivity index (χ4n) is 1.96. The second kappa shape index (κ2) is 8.06. The third-order valence-electron chi connectivity index (χ3n) is 2.87. The third-order valence-corrected chi connectivity index (χ3v) is 3.22. The van der Waals surface area contributed by atoms with Gasteiger partial charge in [-0.05, 0) is 47.6 Å². The van der Waals surface area contributed by atoms with Gasteiger partial charge in [0.05, 0.1) is 0 Å². The van der Waals surface area contributed by atoms with Crippen LogP contribution in [0.2, 0.25) is 5.02 Å². The predicted octanol–water partition coefficient (Wildman–Crippen LogP) is 3.61. The van der Waals surface area contributed by atoms with E-state index < -0.39 is 35.4 Å². The molecule has 0 aliphatic rings. The van der Waals surface area contributed by atoms with Crippen molar-refractivity contribution in [3.8, 4) is 0 Å². The smallest absolute Gasteiger partial charge is 0.408 e. The number of aliphatic hydroxyl groups excluding tert-OH is 1. The monoisotopic (exact) mass is 371 g/mol. The van der Waals surface area contributed by atoms with Gasteiger partial charge in [-0.3, -0.25) is 0 Å². The van der Waals surface area contributed by atoms with Crippen LogP contribution in [0.15, 0.2) is 24.3 Å². The maximum atomic E-state index is 12.5. The summed E-state index contributed by atoms with van der Waals surface area (Å²) in [6.07, 6.45) is -2.23. The molecule has 0 spiro atoms. The van der Waals surface area contributed by atoms with E-state index in [2.05, 4.69) is 5.32 Å². The van der Waals surface area contributed by atoms with Crippen molar-refractivity contribution in [2.45, 2.75) is 64.9 Å². The third kappa shape index (κ3) is 7.32. The minimum Gasteiger partial charge on any atom is -0.458 e. The topological polar surface area (TPSA) is 84.9 Å². The summed E-state index contributed by atoms with van der Waals surface area (Å²) in [6, 6.07) is 5.15. The first-order valence-corrected chi connectivity index (χ1v) is 8.33. The summed E-state index contributed by atoms with van der Waals surface area (Å²) in [4.78, 5) is 24.6. The average molecular weight is 372 g/mol. The average Bonchev–Trinajstić information content (AvgIpc) is 2.40. The zero-order valence-corrected chi connectivity index (χ0v) is 16.2. The molecule has 0 bridgehead atoms. The minimum atomic E-state index is -1.39. The Kier molecular flexibility index (Phi) is 6.85. The van der Waals surface area contributed by atoms with E-state index in [9.17, 15) is 14.7 Å². The molecule has 1 aromatic carbocycles. The Balaban J connectivity index is 3.08. The number of alkyl carbamates (subject to hydrolysis) is 1. The van der Waals surface area contributed by atoms with Gasteiger partial charge in [0.2, 0.25) is 0 Å². The second-order valence-electron chi connectivity index (χ2n) is 7.62. The van der Waals surface area contributed by atoms with Crippen LogP contribution in [-0.4, -0.2) is 34.4 Å². The van der Waals surface area contributed by atoms with Gasteiger partial charge < -0.3 is 19.9 Å². The van der Waals surface area contributed by atoms with E-state index in [1.165, 1.54) is 0 Å². The number of rotatable bonds is 4. The molecule has 2 atom stereocenters. The molecule has 0 aliphatic heterocycles. The maximum absolute atomic E-state index is 12.5. The van der Waals surface area contributed by atoms with Gasteiger partial charge in [0.15, 0.2) is 6.04 Å². The molecule has 0 saturated heterocycles. The number of carbonyl (C=O) groups is 2. The highest BCUT2D eigenvalue weighted by Crippen LogP contribution is 2.26. The van der Waals surface area contributed by atoms with E-state index in [-0.39, 0.29) is 5.02 Å². The fourth-order valence-corrected chi connectivity index (χ4v) is 2.21. The van der Waals surface area contributed by atoms with Crippen LogP contribution in [0.3, 0.4) is 0 Å². The van der Waals surface area contributed by atoms with Gasteiger partial charge in [0.25, 0.3) is 0 Å². The van der Waals surface area contributed by atoms with Crippen molar-refractivity contribution in [1.82, 2.24) is 5.32 Å². The van der Waals surface area contributed by atoms with Crippen LogP contribution in [0.25, 0.3) is 0 Å². The molecule has 0 radical (unpaired) electrons. The Morgan fingerprint density at radius 3 is 2.04 bits per heavy atom. The van der Waals surface area contributed by atoms with Crippen molar-refractivity contribution in [1.29, 1.82) is 0 Å². The number of hydrogen-bond acceptors (Lipinski definition) is 5. The van der Waals surface area contributed by atoms with Crippen molar-refractivity contribution in [3.63, 3.8) is 0 Å². The number of ether oxygens (including phenoxy) is 2. The summed E-state index contributed by atoms with van der Waals surface area (Å²) in [5.41, 5.74) is -1.24. The Morgan fingerprint density at radius 2 is 1.56 bits per heavy atom. The summed E-state index contributed by atoms with van der Waals surface area (Å²) in [5, 5.41) is 13.3. The van der Waals surface area contributed by atoms with Crippen molar-refractivity contribution >= 4 is 23.7 Å². The summed E-state index contributed by atoms with van der Waals surface area (Å²) in [5.74, 6) is -0.786. The predicted molar refractivity (Wildman–Crippen MR) is 95.4 cm³/mol. The van der Waals surface area contributed by atoms with E-state index >= 15 is 0 Å². The zero-order chi connectivity index (χ0) is 19.4. The normalized spacial score (nSPS) is 14.4. The highest BCUT2D eigenvalue weighted by Gasteiger charge is 2.35. The molecule has 1 rings (SSSR count). The van der Waals surface area contributed by atoms with Gasteiger partial charge in [-0.25, -0.2) is 9.59 Å².